The van der Waals surface area contributed by atoms with Crippen molar-refractivity contribution in [2.24, 2.45) is 5.73 Å². The summed E-state index contributed by atoms with van der Waals surface area (Å²) in [6.07, 6.45) is 1.64. The van der Waals surface area contributed by atoms with Crippen LogP contribution in [0.25, 0.3) is 10.9 Å². The molecule has 0 fully saturated rings. The lowest BCUT2D eigenvalue weighted by atomic mass is 10.2. The van der Waals surface area contributed by atoms with Gasteiger partial charge in [-0.2, -0.15) is 0 Å². The Hall–Kier alpha value is -2.93. The van der Waals surface area contributed by atoms with Crippen molar-refractivity contribution in [1.29, 1.82) is 0 Å². The number of fused-ring (bicyclic) bond motifs is 1. The van der Waals surface area contributed by atoms with Crippen molar-refractivity contribution in [3.8, 4) is 0 Å². The molecule has 0 aliphatic heterocycles. The van der Waals surface area contributed by atoms with E-state index in [-0.39, 0.29) is 4.90 Å². The van der Waals surface area contributed by atoms with Crippen LogP contribution in [0.5, 0.6) is 0 Å². The number of primary amides is 1. The summed E-state index contributed by atoms with van der Waals surface area (Å²) in [6, 6.07) is 13.0. The zero-order chi connectivity index (χ0) is 18.2. The number of para-hydroxylation sites is 1. The molecule has 1 heterocycles. The number of nitrogens with two attached hydrogens (primary N) is 1. The van der Waals surface area contributed by atoms with Crippen molar-refractivity contribution in [3.05, 3.63) is 65.9 Å². The van der Waals surface area contributed by atoms with Gasteiger partial charge in [-0.1, -0.05) is 12.1 Å². The second-order valence-electron chi connectivity index (χ2n) is 5.72. The number of hydrogen-bond acceptors (Lipinski definition) is 4. The van der Waals surface area contributed by atoms with E-state index < -0.39 is 15.9 Å². The molecule has 0 atom stereocenters. The standard InChI is InChI=1S/C18H17N3O3S/c1-12-10-14-4-3-5-16(17(14)20-11-12)25(23,24)21(2)15-8-6-13(7-9-15)18(19)22/h3-11H,1-2H3,(H2,19,22). The van der Waals surface area contributed by atoms with Crippen LogP contribution in [0, 0.1) is 6.92 Å². The lowest BCUT2D eigenvalue weighted by molar-refractivity contribution is 0.100. The highest BCUT2D eigenvalue weighted by Gasteiger charge is 2.24. The summed E-state index contributed by atoms with van der Waals surface area (Å²) in [4.78, 5) is 15.6. The van der Waals surface area contributed by atoms with Gasteiger partial charge in [0.1, 0.15) is 4.90 Å². The maximum Gasteiger partial charge on any atom is 0.266 e. The molecular weight excluding hydrogens is 338 g/mol. The fraction of sp³-hybridized carbons (Fsp3) is 0.111. The highest BCUT2D eigenvalue weighted by Crippen LogP contribution is 2.27. The van der Waals surface area contributed by atoms with Crippen molar-refractivity contribution in [1.82, 2.24) is 4.98 Å². The lowest BCUT2D eigenvalue weighted by Gasteiger charge is -2.20. The van der Waals surface area contributed by atoms with Crippen LogP contribution >= 0.6 is 0 Å². The van der Waals surface area contributed by atoms with E-state index in [2.05, 4.69) is 4.98 Å². The Labute approximate surface area is 146 Å². The number of carbonyl (C=O) groups is 1. The molecule has 0 spiro atoms. The monoisotopic (exact) mass is 355 g/mol. The first-order valence-electron chi connectivity index (χ1n) is 7.55. The summed E-state index contributed by atoms with van der Waals surface area (Å²) in [7, 11) is -2.35. The van der Waals surface area contributed by atoms with Crippen molar-refractivity contribution < 1.29 is 13.2 Å². The molecule has 0 saturated heterocycles. The van der Waals surface area contributed by atoms with Gasteiger partial charge in [0.25, 0.3) is 10.0 Å². The van der Waals surface area contributed by atoms with Crippen LogP contribution in [-0.2, 0) is 10.0 Å². The number of nitrogens with zero attached hydrogens (tertiary/aromatic N) is 2. The molecule has 0 radical (unpaired) electrons. The minimum Gasteiger partial charge on any atom is -0.366 e. The van der Waals surface area contributed by atoms with Gasteiger partial charge in [-0.05, 0) is 48.9 Å². The van der Waals surface area contributed by atoms with E-state index >= 15 is 0 Å². The van der Waals surface area contributed by atoms with Gasteiger partial charge in [0.15, 0.2) is 0 Å². The Bertz CT molecular complexity index is 1060. The Morgan fingerprint density at radius 1 is 1.12 bits per heavy atom. The number of aryl methyl sites for hydroxylation is 1. The average Bonchev–Trinajstić information content (AvgIpc) is 2.60. The molecule has 0 aliphatic rings. The summed E-state index contributed by atoms with van der Waals surface area (Å²) in [5.74, 6) is -0.564. The van der Waals surface area contributed by atoms with Crippen LogP contribution in [0.15, 0.2) is 59.6 Å². The van der Waals surface area contributed by atoms with Gasteiger partial charge in [-0.3, -0.25) is 14.1 Å². The summed E-state index contributed by atoms with van der Waals surface area (Å²) in [6.45, 7) is 1.90. The fourth-order valence-corrected chi connectivity index (χ4v) is 3.93. The third-order valence-electron chi connectivity index (χ3n) is 3.96. The van der Waals surface area contributed by atoms with E-state index in [1.165, 1.54) is 25.2 Å². The number of benzene rings is 2. The maximum absolute atomic E-state index is 13.0. The van der Waals surface area contributed by atoms with Crippen LogP contribution in [0.4, 0.5) is 5.69 Å². The molecule has 6 nitrogen and oxygen atoms in total. The highest BCUT2D eigenvalue weighted by molar-refractivity contribution is 7.93. The molecule has 25 heavy (non-hydrogen) atoms. The topological polar surface area (TPSA) is 93.4 Å². The van der Waals surface area contributed by atoms with Crippen molar-refractivity contribution in [2.45, 2.75) is 11.8 Å². The number of anilines is 1. The van der Waals surface area contributed by atoms with E-state index in [9.17, 15) is 13.2 Å². The van der Waals surface area contributed by atoms with E-state index in [4.69, 9.17) is 5.73 Å². The SMILES string of the molecule is Cc1cnc2c(S(=O)(=O)N(C)c3ccc(C(N)=O)cc3)cccc2c1. The van der Waals surface area contributed by atoms with Crippen LogP contribution in [0.2, 0.25) is 0 Å². The molecule has 7 heteroatoms. The number of pyridine rings is 1. The molecule has 1 aromatic heterocycles. The van der Waals surface area contributed by atoms with Crippen LogP contribution in [0.1, 0.15) is 15.9 Å². The number of hydrogen-bond donors (Lipinski definition) is 1. The minimum atomic E-state index is -3.81. The zero-order valence-corrected chi connectivity index (χ0v) is 14.6. The fourth-order valence-electron chi connectivity index (χ4n) is 2.57. The quantitative estimate of drug-likeness (QED) is 0.778. The van der Waals surface area contributed by atoms with Gasteiger partial charge in [-0.25, -0.2) is 8.42 Å². The Balaban J connectivity index is 2.08. The average molecular weight is 355 g/mol. The molecule has 0 aliphatic carbocycles. The highest BCUT2D eigenvalue weighted by atomic mass is 32.2. The van der Waals surface area contributed by atoms with Crippen LogP contribution in [0.3, 0.4) is 0 Å². The third kappa shape index (κ3) is 3.06. The number of sulfonamides is 1. The van der Waals surface area contributed by atoms with Crippen LogP contribution in [-0.4, -0.2) is 26.4 Å². The number of rotatable bonds is 4. The summed E-state index contributed by atoms with van der Waals surface area (Å²) in [5.41, 5.74) is 7.33. The largest absolute Gasteiger partial charge is 0.366 e. The van der Waals surface area contributed by atoms with Crippen molar-refractivity contribution in [3.63, 3.8) is 0 Å². The molecule has 1 amide bonds. The predicted octanol–water partition coefficient (Wildman–Crippen LogP) is 2.47. The van der Waals surface area contributed by atoms with Gasteiger partial charge in [0.2, 0.25) is 5.91 Å². The molecule has 0 unspecified atom stereocenters. The summed E-state index contributed by atoms with van der Waals surface area (Å²) >= 11 is 0. The molecule has 128 valence electrons. The molecule has 2 N–H and O–H groups in total. The van der Waals surface area contributed by atoms with E-state index in [1.54, 1.807) is 24.4 Å². The number of aromatic nitrogens is 1. The summed E-state index contributed by atoms with van der Waals surface area (Å²) in [5, 5.41) is 0.763. The first-order chi connectivity index (χ1) is 11.8. The maximum atomic E-state index is 13.0. The van der Waals surface area contributed by atoms with E-state index in [0.717, 1.165) is 15.3 Å². The Kier molecular flexibility index (Phi) is 4.18. The summed E-state index contributed by atoms with van der Waals surface area (Å²) < 4.78 is 27.3. The van der Waals surface area contributed by atoms with Gasteiger partial charge >= 0.3 is 0 Å². The molecule has 2 aromatic carbocycles. The molecular formula is C18H17N3O3S. The predicted molar refractivity (Wildman–Crippen MR) is 97.0 cm³/mol. The smallest absolute Gasteiger partial charge is 0.266 e. The third-order valence-corrected chi connectivity index (χ3v) is 5.78. The van der Waals surface area contributed by atoms with Crippen molar-refractivity contribution in [2.75, 3.05) is 11.4 Å². The number of carbonyl (C=O) groups excluding carboxylic acids is 1. The van der Waals surface area contributed by atoms with E-state index in [1.807, 2.05) is 19.1 Å². The normalized spacial score (nSPS) is 11.4. The van der Waals surface area contributed by atoms with Gasteiger partial charge in [0.05, 0.1) is 11.2 Å². The second-order valence-corrected chi connectivity index (χ2v) is 7.66. The first-order valence-corrected chi connectivity index (χ1v) is 8.99. The molecule has 3 aromatic rings. The van der Waals surface area contributed by atoms with E-state index in [0.29, 0.717) is 16.8 Å². The lowest BCUT2D eigenvalue weighted by Crippen LogP contribution is -2.27. The van der Waals surface area contributed by atoms with Crippen LogP contribution < -0.4 is 10.0 Å². The first kappa shape index (κ1) is 16.9. The molecule has 0 saturated carbocycles. The van der Waals surface area contributed by atoms with Gasteiger partial charge in [0, 0.05) is 24.2 Å². The van der Waals surface area contributed by atoms with Gasteiger partial charge < -0.3 is 5.73 Å². The minimum absolute atomic E-state index is 0.131. The second kappa shape index (κ2) is 6.18. The van der Waals surface area contributed by atoms with Gasteiger partial charge in [-0.15, -0.1) is 0 Å². The number of amides is 1. The molecule has 3 rings (SSSR count). The molecule has 0 bridgehead atoms. The zero-order valence-electron chi connectivity index (χ0n) is 13.8. The van der Waals surface area contributed by atoms with Crippen molar-refractivity contribution >= 4 is 32.5 Å². The Morgan fingerprint density at radius 2 is 1.80 bits per heavy atom. The Morgan fingerprint density at radius 3 is 2.44 bits per heavy atom.